The van der Waals surface area contributed by atoms with E-state index in [0.717, 1.165) is 64.2 Å². The van der Waals surface area contributed by atoms with Crippen LogP contribution in [0.2, 0.25) is 0 Å². The molecule has 6 fully saturated rings. The van der Waals surface area contributed by atoms with Gasteiger partial charge in [-0.2, -0.15) is 0 Å². The summed E-state index contributed by atoms with van der Waals surface area (Å²) in [5.74, 6) is 1.30. The van der Waals surface area contributed by atoms with Crippen LogP contribution in [-0.2, 0) is 19.0 Å². The number of hydrogen-bond acceptors (Lipinski definition) is 6. The number of rotatable bonds is 5. The zero-order chi connectivity index (χ0) is 30.5. The summed E-state index contributed by atoms with van der Waals surface area (Å²) in [6.07, 6.45) is 9.49. The molecule has 0 amide bonds. The Morgan fingerprint density at radius 1 is 0.905 bits per heavy atom. The highest BCUT2D eigenvalue weighted by atomic mass is 16.7. The van der Waals surface area contributed by atoms with Gasteiger partial charge < -0.3 is 24.4 Å². The fourth-order valence-electron chi connectivity index (χ4n) is 12.7. The normalized spacial score (nSPS) is 52.9. The molecule has 0 bridgehead atoms. The Hall–Kier alpha value is -0.950. The summed E-state index contributed by atoms with van der Waals surface area (Å²) in [4.78, 5) is 14.2. The summed E-state index contributed by atoms with van der Waals surface area (Å²) < 4.78 is 17.8. The maximum Gasteiger partial charge on any atom is 0.312 e. The monoisotopic (exact) mass is 586 g/mol. The molecule has 4 unspecified atom stereocenters. The first-order valence-electron chi connectivity index (χ1n) is 17.0. The lowest BCUT2D eigenvalue weighted by Gasteiger charge is -2.72. The molecule has 0 spiro atoms. The van der Waals surface area contributed by atoms with Gasteiger partial charge in [0.05, 0.1) is 24.7 Å². The number of allylic oxidation sites excluding steroid dienone is 1. The first kappa shape index (κ1) is 31.0. The SMILES string of the molecule is C=C(C)[C@@H]1CC[C@]2(C(=O)OCC3COC(C)(C)O3)CC[C@]3(C)C(CCC4[C@@]5(C)CC[C@H](O)[C@@](C)(CO)[C@@H]5CC[C@]43C)C12. The van der Waals surface area contributed by atoms with E-state index in [0.29, 0.717) is 30.3 Å². The smallest absolute Gasteiger partial charge is 0.312 e. The molecule has 6 nitrogen and oxygen atoms in total. The van der Waals surface area contributed by atoms with Crippen LogP contribution in [0.15, 0.2) is 12.2 Å². The predicted molar refractivity (Wildman–Crippen MR) is 162 cm³/mol. The molecular weight excluding hydrogens is 528 g/mol. The number of carbonyl (C=O) groups is 1. The minimum atomic E-state index is -0.627. The van der Waals surface area contributed by atoms with E-state index in [4.69, 9.17) is 14.2 Å². The minimum absolute atomic E-state index is 0.0190. The van der Waals surface area contributed by atoms with Gasteiger partial charge in [0, 0.05) is 5.41 Å². The van der Waals surface area contributed by atoms with Crippen LogP contribution in [0.1, 0.15) is 113 Å². The van der Waals surface area contributed by atoms with Crippen molar-refractivity contribution in [1.29, 1.82) is 0 Å². The second kappa shape index (κ2) is 10.0. The molecule has 2 N–H and O–H groups in total. The van der Waals surface area contributed by atoms with E-state index in [2.05, 4.69) is 41.2 Å². The second-order valence-corrected chi connectivity index (χ2v) is 17.1. The fraction of sp³-hybridized carbons (Fsp3) is 0.917. The molecule has 5 aliphatic carbocycles. The summed E-state index contributed by atoms with van der Waals surface area (Å²) in [7, 11) is 0. The lowest BCUT2D eigenvalue weighted by molar-refractivity contribution is -0.254. The summed E-state index contributed by atoms with van der Waals surface area (Å²) >= 11 is 0. The first-order valence-corrected chi connectivity index (χ1v) is 17.0. The quantitative estimate of drug-likeness (QED) is 0.276. The zero-order valence-corrected chi connectivity index (χ0v) is 27.5. The maximum atomic E-state index is 14.2. The van der Waals surface area contributed by atoms with Gasteiger partial charge in [0.15, 0.2) is 5.79 Å². The highest BCUT2D eigenvalue weighted by molar-refractivity contribution is 5.78. The Morgan fingerprint density at radius 3 is 2.29 bits per heavy atom. The highest BCUT2D eigenvalue weighted by Crippen LogP contribution is 2.77. The molecule has 6 aliphatic rings. The number of aliphatic hydroxyl groups is 2. The summed E-state index contributed by atoms with van der Waals surface area (Å²) in [6, 6.07) is 0. The molecular formula is C36H58O6. The van der Waals surface area contributed by atoms with Crippen molar-refractivity contribution < 1.29 is 29.2 Å². The van der Waals surface area contributed by atoms with Crippen molar-refractivity contribution in [2.45, 2.75) is 131 Å². The summed E-state index contributed by atoms with van der Waals surface area (Å²) in [5, 5.41) is 21.6. The van der Waals surface area contributed by atoms with Gasteiger partial charge in [-0.25, -0.2) is 0 Å². The van der Waals surface area contributed by atoms with Crippen LogP contribution in [0.5, 0.6) is 0 Å². The molecule has 1 heterocycles. The van der Waals surface area contributed by atoms with Gasteiger partial charge in [0.25, 0.3) is 0 Å². The third-order valence-electron chi connectivity index (χ3n) is 15.1. The third kappa shape index (κ3) is 4.13. The van der Waals surface area contributed by atoms with Crippen LogP contribution in [0.4, 0.5) is 0 Å². The van der Waals surface area contributed by atoms with Crippen molar-refractivity contribution >= 4 is 5.97 Å². The topological polar surface area (TPSA) is 85.2 Å². The van der Waals surface area contributed by atoms with Gasteiger partial charge in [0.2, 0.25) is 0 Å². The average molecular weight is 587 g/mol. The van der Waals surface area contributed by atoms with Gasteiger partial charge in [-0.3, -0.25) is 4.79 Å². The lowest BCUT2D eigenvalue weighted by atomic mass is 9.32. The van der Waals surface area contributed by atoms with Gasteiger partial charge >= 0.3 is 5.97 Å². The number of aliphatic hydroxyl groups excluding tert-OH is 2. The van der Waals surface area contributed by atoms with Gasteiger partial charge in [-0.15, -0.1) is 0 Å². The van der Waals surface area contributed by atoms with Crippen molar-refractivity contribution in [1.82, 2.24) is 0 Å². The predicted octanol–water partition coefficient (Wildman–Crippen LogP) is 6.67. The van der Waals surface area contributed by atoms with Gasteiger partial charge in [-0.05, 0) is 131 Å². The van der Waals surface area contributed by atoms with Gasteiger partial charge in [-0.1, -0.05) is 39.8 Å². The molecule has 0 aromatic heterocycles. The van der Waals surface area contributed by atoms with Gasteiger partial charge in [0.1, 0.15) is 12.7 Å². The third-order valence-corrected chi connectivity index (χ3v) is 15.1. The fourth-order valence-corrected chi connectivity index (χ4v) is 12.7. The second-order valence-electron chi connectivity index (χ2n) is 17.1. The number of ether oxygens (including phenoxy) is 3. The molecule has 42 heavy (non-hydrogen) atoms. The van der Waals surface area contributed by atoms with Crippen LogP contribution in [0, 0.1) is 56.7 Å². The van der Waals surface area contributed by atoms with E-state index in [9.17, 15) is 15.0 Å². The van der Waals surface area contributed by atoms with E-state index >= 15 is 0 Å². The Kier molecular flexibility index (Phi) is 7.41. The Bertz CT molecular complexity index is 1100. The van der Waals surface area contributed by atoms with Crippen molar-refractivity contribution in [3.63, 3.8) is 0 Å². The molecule has 238 valence electrons. The molecule has 0 radical (unpaired) electrons. The maximum absolute atomic E-state index is 14.2. The van der Waals surface area contributed by atoms with Crippen LogP contribution in [0.25, 0.3) is 0 Å². The number of fused-ring (bicyclic) bond motifs is 7. The number of carbonyl (C=O) groups excluding carboxylic acids is 1. The first-order chi connectivity index (χ1) is 19.6. The molecule has 1 saturated heterocycles. The Labute approximate surface area is 254 Å². The standard InChI is InChI=1S/C36H58O6/c1-22(2)24-11-16-36(30(39)40-19-23-20-41-31(3,4)42-23)18-17-34(7)25(29(24)36)9-10-27-32(5)14-13-28(38)33(6,21-37)26(32)12-15-35(27,34)8/h23-29,37-38H,1,9-21H2,2-8H3/t23?,24-,25?,26+,27?,28-,29?,32-,33-,34+,35+,36-/m0/s1. The molecule has 6 heteroatoms. The minimum Gasteiger partial charge on any atom is -0.462 e. The largest absolute Gasteiger partial charge is 0.462 e. The van der Waals surface area contributed by atoms with E-state index in [1.807, 2.05) is 13.8 Å². The number of hydrogen-bond donors (Lipinski definition) is 2. The molecule has 12 atom stereocenters. The molecule has 0 aromatic rings. The van der Waals surface area contributed by atoms with E-state index < -0.39 is 22.7 Å². The van der Waals surface area contributed by atoms with Crippen molar-refractivity contribution in [2.24, 2.45) is 56.7 Å². The van der Waals surface area contributed by atoms with E-state index in [1.54, 1.807) is 0 Å². The van der Waals surface area contributed by atoms with Crippen molar-refractivity contribution in [3.8, 4) is 0 Å². The van der Waals surface area contributed by atoms with Crippen molar-refractivity contribution in [2.75, 3.05) is 19.8 Å². The number of esters is 1. The zero-order valence-electron chi connectivity index (χ0n) is 27.5. The van der Waals surface area contributed by atoms with Crippen LogP contribution < -0.4 is 0 Å². The lowest BCUT2D eigenvalue weighted by Crippen LogP contribution is -2.67. The molecule has 6 rings (SSSR count). The molecule has 1 aliphatic heterocycles. The Balaban J connectivity index is 1.30. The van der Waals surface area contributed by atoms with Crippen LogP contribution in [-0.4, -0.2) is 54.0 Å². The van der Waals surface area contributed by atoms with Crippen LogP contribution >= 0.6 is 0 Å². The van der Waals surface area contributed by atoms with Crippen LogP contribution in [0.3, 0.4) is 0 Å². The Morgan fingerprint density at radius 2 is 1.64 bits per heavy atom. The van der Waals surface area contributed by atoms with Crippen molar-refractivity contribution in [3.05, 3.63) is 12.2 Å². The summed E-state index contributed by atoms with van der Waals surface area (Å²) in [6.45, 7) is 21.0. The van der Waals surface area contributed by atoms with E-state index in [-0.39, 0.29) is 47.4 Å². The molecule has 0 aromatic carbocycles. The van der Waals surface area contributed by atoms with E-state index in [1.165, 1.54) is 5.57 Å². The summed E-state index contributed by atoms with van der Waals surface area (Å²) in [5.41, 5.74) is 0.712. The average Bonchev–Trinajstić information content (AvgIpc) is 3.50. The molecule has 5 saturated carbocycles. The highest BCUT2D eigenvalue weighted by Gasteiger charge is 2.72.